The molecule has 0 aromatic heterocycles. The maximum absolute atomic E-state index is 11.8. The molecule has 0 spiro atoms. The van der Waals surface area contributed by atoms with Crippen molar-refractivity contribution in [1.29, 1.82) is 0 Å². The van der Waals surface area contributed by atoms with Gasteiger partial charge in [-0.3, -0.25) is 4.79 Å². The molecule has 1 unspecified atom stereocenters. The Balaban J connectivity index is 1.64. The third-order valence-electron chi connectivity index (χ3n) is 4.20. The highest BCUT2D eigenvalue weighted by atomic mass is 16.2. The normalized spacial score (nSPS) is 15.8. The van der Waals surface area contributed by atoms with Gasteiger partial charge < -0.3 is 20.9 Å². The van der Waals surface area contributed by atoms with E-state index in [9.17, 15) is 9.59 Å². The van der Waals surface area contributed by atoms with E-state index in [4.69, 9.17) is 0 Å². The quantitative estimate of drug-likeness (QED) is 0.678. The third-order valence-corrected chi connectivity index (χ3v) is 4.20. The molecule has 0 fully saturated rings. The number of carbonyl (C=O) groups excluding carboxylic acids is 2. The second kappa shape index (κ2) is 9.15. The summed E-state index contributed by atoms with van der Waals surface area (Å²) in [5, 5.41) is 8.35. The van der Waals surface area contributed by atoms with E-state index in [1.807, 2.05) is 13.0 Å². The number of rotatable bonds is 8. The summed E-state index contributed by atoms with van der Waals surface area (Å²) in [6, 6.07) is 8.64. The molecule has 1 atom stereocenters. The van der Waals surface area contributed by atoms with Crippen molar-refractivity contribution in [2.45, 2.75) is 39.2 Å². The van der Waals surface area contributed by atoms with Crippen LogP contribution in [0, 0.1) is 0 Å². The number of para-hydroxylation sites is 1. The lowest BCUT2D eigenvalue weighted by molar-refractivity contribution is -0.120. The molecule has 0 saturated heterocycles. The van der Waals surface area contributed by atoms with Crippen molar-refractivity contribution in [1.82, 2.24) is 16.0 Å². The number of hydrogen-bond donors (Lipinski definition) is 3. The lowest BCUT2D eigenvalue weighted by Crippen LogP contribution is -2.42. The number of nitrogens with zero attached hydrogens (tertiary/aromatic N) is 1. The number of anilines is 1. The van der Waals surface area contributed by atoms with Crippen molar-refractivity contribution in [3.63, 3.8) is 0 Å². The highest BCUT2D eigenvalue weighted by Crippen LogP contribution is 2.30. The van der Waals surface area contributed by atoms with Crippen LogP contribution in [0.5, 0.6) is 0 Å². The minimum absolute atomic E-state index is 0.0281. The minimum atomic E-state index is -0.224. The Morgan fingerprint density at radius 3 is 2.67 bits per heavy atom. The maximum Gasteiger partial charge on any atom is 0.314 e. The monoisotopic (exact) mass is 332 g/mol. The Morgan fingerprint density at radius 1 is 1.12 bits per heavy atom. The zero-order chi connectivity index (χ0) is 17.4. The largest absolute Gasteiger partial charge is 0.367 e. The van der Waals surface area contributed by atoms with E-state index < -0.39 is 0 Å². The van der Waals surface area contributed by atoms with Crippen molar-refractivity contribution in [2.24, 2.45) is 0 Å². The smallest absolute Gasteiger partial charge is 0.314 e. The molecule has 1 aliphatic heterocycles. The average Bonchev–Trinajstić information content (AvgIpc) is 2.89. The van der Waals surface area contributed by atoms with Crippen LogP contribution in [0.3, 0.4) is 0 Å². The number of hydrogen-bond acceptors (Lipinski definition) is 3. The second-order valence-electron chi connectivity index (χ2n) is 6.16. The zero-order valence-electron chi connectivity index (χ0n) is 14.6. The fourth-order valence-electron chi connectivity index (χ4n) is 2.97. The van der Waals surface area contributed by atoms with E-state index in [1.165, 1.54) is 11.3 Å². The van der Waals surface area contributed by atoms with Crippen LogP contribution in [0.15, 0.2) is 24.3 Å². The molecule has 0 bridgehead atoms. The van der Waals surface area contributed by atoms with E-state index in [0.717, 1.165) is 19.4 Å². The van der Waals surface area contributed by atoms with E-state index in [2.05, 4.69) is 46.0 Å². The Kier molecular flexibility index (Phi) is 6.90. The van der Waals surface area contributed by atoms with Crippen LogP contribution in [0.25, 0.3) is 0 Å². The number of nitrogens with one attached hydrogen (secondary N) is 3. The number of fused-ring (bicyclic) bond motifs is 1. The zero-order valence-corrected chi connectivity index (χ0v) is 14.6. The standard InChI is InChI=1S/C18H28N4O2/c1-3-9-19-17(23)8-10-20-18(24)21-11-12-22-14(2)13-15-6-4-5-7-16(15)22/h4-7,14H,3,8-13H2,1-2H3,(H,19,23)(H2,20,21,24). The summed E-state index contributed by atoms with van der Waals surface area (Å²) in [7, 11) is 0. The van der Waals surface area contributed by atoms with Crippen molar-refractivity contribution in [3.05, 3.63) is 29.8 Å². The fourth-order valence-corrected chi connectivity index (χ4v) is 2.97. The Morgan fingerprint density at radius 2 is 1.88 bits per heavy atom. The van der Waals surface area contributed by atoms with Crippen LogP contribution in [0.2, 0.25) is 0 Å². The molecule has 6 nitrogen and oxygen atoms in total. The molecule has 3 amide bonds. The summed E-state index contributed by atoms with van der Waals surface area (Å²) in [5.41, 5.74) is 2.63. The lowest BCUT2D eigenvalue weighted by Gasteiger charge is -2.25. The molecular formula is C18H28N4O2. The van der Waals surface area contributed by atoms with Gasteiger partial charge in [-0.15, -0.1) is 0 Å². The van der Waals surface area contributed by atoms with Gasteiger partial charge in [0.1, 0.15) is 0 Å². The van der Waals surface area contributed by atoms with Crippen molar-refractivity contribution in [2.75, 3.05) is 31.1 Å². The van der Waals surface area contributed by atoms with Crippen LogP contribution < -0.4 is 20.9 Å². The predicted molar refractivity (Wildman–Crippen MR) is 96.3 cm³/mol. The summed E-state index contributed by atoms with van der Waals surface area (Å²) in [4.78, 5) is 25.5. The molecule has 6 heteroatoms. The molecule has 132 valence electrons. The van der Waals surface area contributed by atoms with Gasteiger partial charge in [-0.2, -0.15) is 0 Å². The van der Waals surface area contributed by atoms with E-state index in [-0.39, 0.29) is 11.9 Å². The summed E-state index contributed by atoms with van der Waals surface area (Å²) in [6.45, 7) is 6.60. The fraction of sp³-hybridized carbons (Fsp3) is 0.556. The topological polar surface area (TPSA) is 73.5 Å². The van der Waals surface area contributed by atoms with Gasteiger partial charge >= 0.3 is 6.03 Å². The van der Waals surface area contributed by atoms with E-state index >= 15 is 0 Å². The van der Waals surface area contributed by atoms with Crippen LogP contribution >= 0.6 is 0 Å². The number of benzene rings is 1. The first kappa shape index (κ1) is 18.1. The molecule has 1 aromatic rings. The number of urea groups is 1. The highest BCUT2D eigenvalue weighted by molar-refractivity contribution is 5.78. The Bertz CT molecular complexity index is 562. The molecule has 2 rings (SSSR count). The lowest BCUT2D eigenvalue weighted by atomic mass is 10.1. The van der Waals surface area contributed by atoms with Gasteiger partial charge in [-0.05, 0) is 31.4 Å². The van der Waals surface area contributed by atoms with Crippen molar-refractivity contribution in [3.8, 4) is 0 Å². The van der Waals surface area contributed by atoms with Gasteiger partial charge in [0, 0.05) is 44.3 Å². The summed E-state index contributed by atoms with van der Waals surface area (Å²) < 4.78 is 0. The average molecular weight is 332 g/mol. The molecule has 1 aromatic carbocycles. The molecular weight excluding hydrogens is 304 g/mol. The van der Waals surface area contributed by atoms with Crippen LogP contribution in [0.4, 0.5) is 10.5 Å². The van der Waals surface area contributed by atoms with Gasteiger partial charge in [0.25, 0.3) is 0 Å². The third kappa shape index (κ3) is 5.15. The maximum atomic E-state index is 11.8. The Hall–Kier alpha value is -2.24. The van der Waals surface area contributed by atoms with E-state index in [1.54, 1.807) is 0 Å². The SMILES string of the molecule is CCCNC(=O)CCNC(=O)NCCN1c2ccccc2CC1C. The van der Waals surface area contributed by atoms with Gasteiger partial charge in [0.15, 0.2) is 0 Å². The van der Waals surface area contributed by atoms with Gasteiger partial charge in [0.05, 0.1) is 0 Å². The summed E-state index contributed by atoms with van der Waals surface area (Å²) >= 11 is 0. The first-order valence-corrected chi connectivity index (χ1v) is 8.74. The second-order valence-corrected chi connectivity index (χ2v) is 6.16. The minimum Gasteiger partial charge on any atom is -0.367 e. The molecule has 0 radical (unpaired) electrons. The van der Waals surface area contributed by atoms with Gasteiger partial charge in [0.2, 0.25) is 5.91 Å². The molecule has 1 heterocycles. The number of carbonyl (C=O) groups is 2. The molecule has 1 aliphatic rings. The van der Waals surface area contributed by atoms with Crippen LogP contribution in [-0.4, -0.2) is 44.2 Å². The van der Waals surface area contributed by atoms with Crippen LogP contribution in [-0.2, 0) is 11.2 Å². The molecule has 0 aliphatic carbocycles. The predicted octanol–water partition coefficient (Wildman–Crippen LogP) is 1.65. The van der Waals surface area contributed by atoms with Gasteiger partial charge in [-0.25, -0.2) is 4.79 Å². The summed E-state index contributed by atoms with van der Waals surface area (Å²) in [6.07, 6.45) is 2.27. The Labute approximate surface area is 144 Å². The van der Waals surface area contributed by atoms with Crippen molar-refractivity contribution < 1.29 is 9.59 Å². The summed E-state index contributed by atoms with van der Waals surface area (Å²) in [5.74, 6) is -0.0281. The van der Waals surface area contributed by atoms with Gasteiger partial charge in [-0.1, -0.05) is 25.1 Å². The molecule has 0 saturated carbocycles. The van der Waals surface area contributed by atoms with Crippen LogP contribution in [0.1, 0.15) is 32.3 Å². The first-order chi connectivity index (χ1) is 11.6. The number of amides is 3. The molecule has 24 heavy (non-hydrogen) atoms. The molecule has 3 N–H and O–H groups in total. The first-order valence-electron chi connectivity index (χ1n) is 8.74. The van der Waals surface area contributed by atoms with Crippen molar-refractivity contribution >= 4 is 17.6 Å². The highest BCUT2D eigenvalue weighted by Gasteiger charge is 2.24. The van der Waals surface area contributed by atoms with E-state index in [0.29, 0.717) is 32.1 Å².